The Kier molecular flexibility index (Phi) is 3.86. The molecule has 0 aromatic carbocycles. The first-order valence-electron chi connectivity index (χ1n) is 4.20. The van der Waals surface area contributed by atoms with Gasteiger partial charge >= 0.3 is 0 Å². The molecule has 0 saturated heterocycles. The average Bonchev–Trinajstić information content (AvgIpc) is 2.15. The van der Waals surface area contributed by atoms with Gasteiger partial charge in [-0.2, -0.15) is 0 Å². The maximum absolute atomic E-state index is 9.70. The Morgan fingerprint density at radius 3 is 2.71 bits per heavy atom. The predicted molar refractivity (Wildman–Crippen MR) is 58.1 cm³/mol. The summed E-state index contributed by atoms with van der Waals surface area (Å²) >= 11 is 3.10. The fraction of sp³-hybridized carbons (Fsp3) is 0.444. The van der Waals surface area contributed by atoms with E-state index in [1.165, 1.54) is 6.20 Å². The van der Waals surface area contributed by atoms with Crippen LogP contribution in [0, 0.1) is 6.92 Å². The molecule has 4 N–H and O–H groups in total. The van der Waals surface area contributed by atoms with E-state index in [4.69, 9.17) is 5.73 Å². The lowest BCUT2D eigenvalue weighted by Gasteiger charge is -2.17. The number of halogens is 1. The quantitative estimate of drug-likeness (QED) is 0.702. The second kappa shape index (κ2) is 4.72. The van der Waals surface area contributed by atoms with Crippen molar-refractivity contribution >= 4 is 21.7 Å². The molecule has 0 spiro atoms. The molecule has 0 aliphatic rings. The van der Waals surface area contributed by atoms with E-state index in [1.54, 1.807) is 6.07 Å². The van der Waals surface area contributed by atoms with E-state index in [0.717, 1.165) is 5.56 Å². The van der Waals surface area contributed by atoms with Crippen LogP contribution in [-0.4, -0.2) is 26.6 Å². The molecule has 0 aliphatic carbocycles. The number of alkyl halides is 1. The smallest absolute Gasteiger partial charge is 0.123 e. The zero-order valence-electron chi connectivity index (χ0n) is 7.81. The summed E-state index contributed by atoms with van der Waals surface area (Å²) in [5.74, 6) is 0.409. The molecule has 1 heterocycles. The summed E-state index contributed by atoms with van der Waals surface area (Å²) in [4.78, 5) is 3.87. The number of anilines is 1. The largest absolute Gasteiger partial charge is 0.389 e. The minimum Gasteiger partial charge on any atom is -0.389 e. The van der Waals surface area contributed by atoms with Crippen LogP contribution in [0.2, 0.25) is 0 Å². The lowest BCUT2D eigenvalue weighted by atomic mass is 10.0. The van der Waals surface area contributed by atoms with E-state index in [9.17, 15) is 10.2 Å². The number of rotatable bonds is 3. The van der Waals surface area contributed by atoms with Crippen LogP contribution in [0.5, 0.6) is 0 Å². The number of aliphatic hydroxyl groups excluding tert-OH is 2. The highest BCUT2D eigenvalue weighted by atomic mass is 79.9. The van der Waals surface area contributed by atoms with Crippen LogP contribution in [-0.2, 0) is 0 Å². The fourth-order valence-electron chi connectivity index (χ4n) is 1.19. The summed E-state index contributed by atoms with van der Waals surface area (Å²) in [6.45, 7) is 1.82. The number of hydrogen-bond acceptors (Lipinski definition) is 4. The van der Waals surface area contributed by atoms with Crippen LogP contribution in [0.4, 0.5) is 5.82 Å². The summed E-state index contributed by atoms with van der Waals surface area (Å²) in [5, 5.41) is 19.4. The third kappa shape index (κ3) is 2.43. The number of aromatic nitrogens is 1. The highest BCUT2D eigenvalue weighted by Crippen LogP contribution is 2.21. The zero-order valence-corrected chi connectivity index (χ0v) is 9.40. The molecule has 5 heteroatoms. The molecule has 0 fully saturated rings. The van der Waals surface area contributed by atoms with Crippen LogP contribution >= 0.6 is 15.9 Å². The number of nitrogen functional groups attached to an aromatic ring is 1. The van der Waals surface area contributed by atoms with Crippen molar-refractivity contribution in [3.05, 3.63) is 23.4 Å². The Bertz CT molecular complexity index is 320. The molecule has 0 bridgehead atoms. The minimum absolute atomic E-state index is 0.317. The van der Waals surface area contributed by atoms with Crippen molar-refractivity contribution < 1.29 is 10.2 Å². The van der Waals surface area contributed by atoms with Crippen LogP contribution < -0.4 is 5.73 Å². The summed E-state index contributed by atoms with van der Waals surface area (Å²) in [7, 11) is 0. The van der Waals surface area contributed by atoms with E-state index in [2.05, 4.69) is 20.9 Å². The van der Waals surface area contributed by atoms with Crippen LogP contribution in [0.1, 0.15) is 17.2 Å². The van der Waals surface area contributed by atoms with Gasteiger partial charge in [-0.15, -0.1) is 0 Å². The molecular weight excluding hydrogens is 248 g/mol. The molecule has 0 amide bonds. The third-order valence-electron chi connectivity index (χ3n) is 2.01. The number of pyridine rings is 1. The zero-order chi connectivity index (χ0) is 10.7. The second-order valence-electron chi connectivity index (χ2n) is 3.13. The first kappa shape index (κ1) is 11.4. The van der Waals surface area contributed by atoms with Crippen molar-refractivity contribution in [3.8, 4) is 0 Å². The lowest BCUT2D eigenvalue weighted by Crippen LogP contribution is -2.20. The van der Waals surface area contributed by atoms with E-state index < -0.39 is 12.2 Å². The van der Waals surface area contributed by atoms with Gasteiger partial charge in [-0.3, -0.25) is 0 Å². The SMILES string of the molecule is Cc1cc(N)ncc1C(O)C(O)CBr. The Hall–Kier alpha value is -0.650. The molecule has 0 aliphatic heterocycles. The van der Waals surface area contributed by atoms with Gasteiger partial charge in [-0.05, 0) is 18.6 Å². The van der Waals surface area contributed by atoms with E-state index in [-0.39, 0.29) is 0 Å². The van der Waals surface area contributed by atoms with E-state index in [1.807, 2.05) is 6.92 Å². The molecule has 4 nitrogen and oxygen atoms in total. The number of hydrogen-bond donors (Lipinski definition) is 3. The molecule has 0 saturated carbocycles. The molecule has 0 radical (unpaired) electrons. The van der Waals surface area contributed by atoms with Crippen LogP contribution in [0.15, 0.2) is 12.3 Å². The molecule has 2 unspecified atom stereocenters. The van der Waals surface area contributed by atoms with Crippen molar-refractivity contribution in [1.29, 1.82) is 0 Å². The normalized spacial score (nSPS) is 15.1. The first-order chi connectivity index (χ1) is 6.56. The van der Waals surface area contributed by atoms with Crippen molar-refractivity contribution in [1.82, 2.24) is 4.98 Å². The fourth-order valence-corrected chi connectivity index (χ4v) is 1.54. The summed E-state index contributed by atoms with van der Waals surface area (Å²) in [5.41, 5.74) is 6.90. The van der Waals surface area contributed by atoms with E-state index >= 15 is 0 Å². The van der Waals surface area contributed by atoms with Crippen LogP contribution in [0.3, 0.4) is 0 Å². The molecule has 1 rings (SSSR count). The van der Waals surface area contributed by atoms with Crippen molar-refractivity contribution in [2.45, 2.75) is 19.1 Å². The number of aryl methyl sites for hydroxylation is 1. The molecule has 78 valence electrons. The summed E-state index contributed by atoms with van der Waals surface area (Å²) in [6, 6.07) is 1.67. The standard InChI is InChI=1S/C9H13BrN2O2/c1-5-2-8(11)12-4-6(5)9(14)7(13)3-10/h2,4,7,9,13-14H,3H2,1H3,(H2,11,12). The number of aliphatic hydroxyl groups is 2. The highest BCUT2D eigenvalue weighted by molar-refractivity contribution is 9.09. The Labute approximate surface area is 90.9 Å². The van der Waals surface area contributed by atoms with Gasteiger partial charge in [0.25, 0.3) is 0 Å². The Morgan fingerprint density at radius 2 is 2.21 bits per heavy atom. The van der Waals surface area contributed by atoms with Gasteiger partial charge in [-0.25, -0.2) is 4.98 Å². The average molecular weight is 261 g/mol. The summed E-state index contributed by atoms with van der Waals surface area (Å²) < 4.78 is 0. The predicted octanol–water partition coefficient (Wildman–Crippen LogP) is 0.761. The highest BCUT2D eigenvalue weighted by Gasteiger charge is 2.19. The number of nitrogens with two attached hydrogens (primary N) is 1. The monoisotopic (exact) mass is 260 g/mol. The van der Waals surface area contributed by atoms with Crippen molar-refractivity contribution in [3.63, 3.8) is 0 Å². The molecule has 2 atom stereocenters. The molecule has 1 aromatic rings. The molecule has 1 aromatic heterocycles. The Balaban J connectivity index is 2.95. The minimum atomic E-state index is -0.928. The van der Waals surface area contributed by atoms with Gasteiger partial charge in [-0.1, -0.05) is 15.9 Å². The third-order valence-corrected chi connectivity index (χ3v) is 2.68. The second-order valence-corrected chi connectivity index (χ2v) is 3.78. The van der Waals surface area contributed by atoms with Crippen LogP contribution in [0.25, 0.3) is 0 Å². The van der Waals surface area contributed by atoms with Gasteiger partial charge < -0.3 is 15.9 Å². The first-order valence-corrected chi connectivity index (χ1v) is 5.32. The topological polar surface area (TPSA) is 79.4 Å². The maximum atomic E-state index is 9.70. The van der Waals surface area contributed by atoms with E-state index in [0.29, 0.717) is 16.7 Å². The van der Waals surface area contributed by atoms with Gasteiger partial charge in [0, 0.05) is 17.1 Å². The van der Waals surface area contributed by atoms with Gasteiger partial charge in [0.1, 0.15) is 11.9 Å². The summed E-state index contributed by atoms with van der Waals surface area (Å²) in [6.07, 6.45) is -0.275. The van der Waals surface area contributed by atoms with Crippen molar-refractivity contribution in [2.24, 2.45) is 0 Å². The van der Waals surface area contributed by atoms with Gasteiger partial charge in [0.15, 0.2) is 0 Å². The van der Waals surface area contributed by atoms with Gasteiger partial charge in [0.05, 0.1) is 6.10 Å². The van der Waals surface area contributed by atoms with Crippen molar-refractivity contribution in [2.75, 3.05) is 11.1 Å². The lowest BCUT2D eigenvalue weighted by molar-refractivity contribution is 0.0337. The maximum Gasteiger partial charge on any atom is 0.123 e. The Morgan fingerprint density at radius 1 is 1.57 bits per heavy atom. The van der Waals surface area contributed by atoms with Gasteiger partial charge in [0.2, 0.25) is 0 Å². The number of nitrogens with zero attached hydrogens (tertiary/aromatic N) is 1. The molecular formula is C9H13BrN2O2. The molecule has 14 heavy (non-hydrogen) atoms.